The third-order valence-corrected chi connectivity index (χ3v) is 3.84. The van der Waals surface area contributed by atoms with Crippen LogP contribution in [0.2, 0.25) is 0 Å². The second kappa shape index (κ2) is 8.17. The Balaban J connectivity index is 3.55. The van der Waals surface area contributed by atoms with Gasteiger partial charge >= 0.3 is 12.1 Å². The maximum atomic E-state index is 13.1. The molecule has 0 aliphatic heterocycles. The van der Waals surface area contributed by atoms with E-state index < -0.39 is 29.3 Å². The summed E-state index contributed by atoms with van der Waals surface area (Å²) in [4.78, 5) is 24.5. The largest absolute Gasteiger partial charge is 0.464 e. The summed E-state index contributed by atoms with van der Waals surface area (Å²) in [5, 5.41) is 0. The molecular weight excluding hydrogens is 323 g/mol. The van der Waals surface area contributed by atoms with E-state index in [0.29, 0.717) is 12.5 Å². The average Bonchev–Trinajstić information content (AvgIpc) is 2.49. The molecule has 7 heteroatoms. The molecule has 0 N–H and O–H groups in total. The van der Waals surface area contributed by atoms with E-state index in [1.165, 1.54) is 6.08 Å². The Morgan fingerprint density at radius 3 is 2.50 bits per heavy atom. The minimum absolute atomic E-state index is 0.0643. The Kier molecular flexibility index (Phi) is 6.81. The first-order valence-corrected chi connectivity index (χ1v) is 7.77. The van der Waals surface area contributed by atoms with Crippen molar-refractivity contribution in [2.75, 3.05) is 6.61 Å². The molecule has 2 atom stereocenters. The number of esters is 1. The van der Waals surface area contributed by atoms with Crippen LogP contribution < -0.4 is 5.56 Å². The maximum Gasteiger partial charge on any atom is 0.416 e. The van der Waals surface area contributed by atoms with E-state index in [1.54, 1.807) is 13.8 Å². The fourth-order valence-corrected chi connectivity index (χ4v) is 2.46. The number of halogens is 3. The molecule has 0 amide bonds. The number of aromatic nitrogens is 1. The van der Waals surface area contributed by atoms with Crippen molar-refractivity contribution in [2.24, 2.45) is 5.92 Å². The van der Waals surface area contributed by atoms with Gasteiger partial charge in [-0.2, -0.15) is 13.2 Å². The summed E-state index contributed by atoms with van der Waals surface area (Å²) < 4.78 is 45.4. The van der Waals surface area contributed by atoms with Crippen molar-refractivity contribution in [3.63, 3.8) is 0 Å². The first-order valence-electron chi connectivity index (χ1n) is 7.77. The molecular formula is C17H22F3NO3. The lowest BCUT2D eigenvalue weighted by Gasteiger charge is -2.25. The van der Waals surface area contributed by atoms with Gasteiger partial charge < -0.3 is 9.30 Å². The molecule has 1 aromatic heterocycles. The van der Waals surface area contributed by atoms with E-state index in [0.717, 1.165) is 10.8 Å². The highest BCUT2D eigenvalue weighted by molar-refractivity contribution is 5.74. The lowest BCUT2D eigenvalue weighted by molar-refractivity contribution is -0.149. The molecule has 134 valence electrons. The van der Waals surface area contributed by atoms with Crippen molar-refractivity contribution in [3.05, 3.63) is 46.4 Å². The van der Waals surface area contributed by atoms with Gasteiger partial charge in [0.2, 0.25) is 0 Å². The Labute approximate surface area is 138 Å². The predicted molar refractivity (Wildman–Crippen MR) is 84.7 cm³/mol. The SMILES string of the molecule is C=CCc1cn(C(C(=O)OCC)C(C)CC)c(=O)cc1C(F)(F)F. The predicted octanol–water partition coefficient (Wildman–Crippen LogP) is 3.75. The molecule has 4 nitrogen and oxygen atoms in total. The number of hydrogen-bond donors (Lipinski definition) is 0. The van der Waals surface area contributed by atoms with Crippen LogP contribution in [0.4, 0.5) is 13.2 Å². The van der Waals surface area contributed by atoms with Gasteiger partial charge in [-0.3, -0.25) is 4.79 Å². The van der Waals surface area contributed by atoms with E-state index >= 15 is 0 Å². The fraction of sp³-hybridized carbons (Fsp3) is 0.529. The number of hydrogen-bond acceptors (Lipinski definition) is 3. The van der Waals surface area contributed by atoms with E-state index in [4.69, 9.17) is 4.74 Å². The van der Waals surface area contributed by atoms with Gasteiger partial charge in [0.1, 0.15) is 6.04 Å². The summed E-state index contributed by atoms with van der Waals surface area (Å²) in [5.41, 5.74) is -1.99. The number of ether oxygens (including phenoxy) is 1. The summed E-state index contributed by atoms with van der Waals surface area (Å²) in [6.45, 7) is 8.78. The molecule has 0 spiro atoms. The molecule has 0 radical (unpaired) electrons. The summed E-state index contributed by atoms with van der Waals surface area (Å²) in [5.74, 6) is -0.895. The molecule has 2 unspecified atom stereocenters. The van der Waals surface area contributed by atoms with E-state index in [9.17, 15) is 22.8 Å². The van der Waals surface area contributed by atoms with Gasteiger partial charge in [-0.05, 0) is 24.8 Å². The van der Waals surface area contributed by atoms with Crippen LogP contribution >= 0.6 is 0 Å². The van der Waals surface area contributed by atoms with E-state index in [1.807, 2.05) is 6.92 Å². The van der Waals surface area contributed by atoms with Gasteiger partial charge in [0, 0.05) is 12.3 Å². The highest BCUT2D eigenvalue weighted by Gasteiger charge is 2.36. The van der Waals surface area contributed by atoms with Crippen LogP contribution in [0, 0.1) is 5.92 Å². The number of carbonyl (C=O) groups excluding carboxylic acids is 1. The molecule has 1 aromatic rings. The first-order chi connectivity index (χ1) is 11.2. The summed E-state index contributed by atoms with van der Waals surface area (Å²) >= 11 is 0. The van der Waals surface area contributed by atoms with Gasteiger partial charge in [-0.25, -0.2) is 4.79 Å². The van der Waals surface area contributed by atoms with Crippen LogP contribution in [0.15, 0.2) is 29.7 Å². The van der Waals surface area contributed by atoms with E-state index in [2.05, 4.69) is 6.58 Å². The number of carbonyl (C=O) groups is 1. The van der Waals surface area contributed by atoms with Crippen molar-refractivity contribution in [1.82, 2.24) is 4.57 Å². The number of nitrogens with zero attached hydrogens (tertiary/aromatic N) is 1. The lowest BCUT2D eigenvalue weighted by Crippen LogP contribution is -2.35. The fourth-order valence-electron chi connectivity index (χ4n) is 2.46. The second-order valence-electron chi connectivity index (χ2n) is 5.53. The topological polar surface area (TPSA) is 48.3 Å². The quantitative estimate of drug-likeness (QED) is 0.559. The Morgan fingerprint density at radius 1 is 1.42 bits per heavy atom. The molecule has 0 aliphatic carbocycles. The number of rotatable bonds is 7. The summed E-state index contributed by atoms with van der Waals surface area (Å²) in [6, 6.07) is -0.429. The second-order valence-corrected chi connectivity index (χ2v) is 5.53. The summed E-state index contributed by atoms with van der Waals surface area (Å²) in [7, 11) is 0. The molecule has 0 fully saturated rings. The van der Waals surface area contributed by atoms with Crippen molar-refractivity contribution < 1.29 is 22.7 Å². The standard InChI is InChI=1S/C17H22F3NO3/c1-5-8-12-10-21(14(22)9-13(12)17(18,19)20)15(11(4)6-2)16(23)24-7-3/h5,9-11,15H,1,6-8H2,2-4H3. The average molecular weight is 345 g/mol. The highest BCUT2D eigenvalue weighted by atomic mass is 19.4. The maximum absolute atomic E-state index is 13.1. The molecule has 1 rings (SSSR count). The molecule has 0 aliphatic rings. The van der Waals surface area contributed by atoms with Crippen molar-refractivity contribution >= 4 is 5.97 Å². The molecule has 24 heavy (non-hydrogen) atoms. The first kappa shape index (κ1) is 20.0. The zero-order valence-electron chi connectivity index (χ0n) is 14.0. The van der Waals surface area contributed by atoms with Crippen LogP contribution in [0.5, 0.6) is 0 Å². The van der Waals surface area contributed by atoms with Gasteiger partial charge in [0.15, 0.2) is 0 Å². The van der Waals surface area contributed by atoms with Crippen LogP contribution in [0.3, 0.4) is 0 Å². The minimum Gasteiger partial charge on any atom is -0.464 e. The lowest BCUT2D eigenvalue weighted by atomic mass is 9.97. The van der Waals surface area contributed by atoms with Gasteiger partial charge in [-0.1, -0.05) is 26.3 Å². The normalized spacial score (nSPS) is 14.1. The van der Waals surface area contributed by atoms with Gasteiger partial charge in [0.25, 0.3) is 5.56 Å². The third-order valence-electron chi connectivity index (χ3n) is 3.84. The van der Waals surface area contributed by atoms with Crippen molar-refractivity contribution in [2.45, 2.75) is 45.8 Å². The highest BCUT2D eigenvalue weighted by Crippen LogP contribution is 2.32. The molecule has 0 aromatic carbocycles. The van der Waals surface area contributed by atoms with Crippen LogP contribution in [-0.4, -0.2) is 17.1 Å². The number of alkyl halides is 3. The van der Waals surface area contributed by atoms with Crippen molar-refractivity contribution in [3.8, 4) is 0 Å². The van der Waals surface area contributed by atoms with Crippen LogP contribution in [0.25, 0.3) is 0 Å². The van der Waals surface area contributed by atoms with Crippen LogP contribution in [-0.2, 0) is 22.1 Å². The number of pyridine rings is 1. The third kappa shape index (κ3) is 4.49. The van der Waals surface area contributed by atoms with E-state index in [-0.39, 0.29) is 24.5 Å². The smallest absolute Gasteiger partial charge is 0.416 e. The molecule has 0 saturated carbocycles. The monoisotopic (exact) mass is 345 g/mol. The van der Waals surface area contributed by atoms with Gasteiger partial charge in [0.05, 0.1) is 12.2 Å². The van der Waals surface area contributed by atoms with Crippen LogP contribution in [0.1, 0.15) is 44.4 Å². The minimum atomic E-state index is -4.65. The van der Waals surface area contributed by atoms with Gasteiger partial charge in [-0.15, -0.1) is 6.58 Å². The zero-order chi connectivity index (χ0) is 18.5. The Hall–Kier alpha value is -2.05. The summed E-state index contributed by atoms with van der Waals surface area (Å²) in [6.07, 6.45) is -1.73. The van der Waals surface area contributed by atoms with Crippen molar-refractivity contribution in [1.29, 1.82) is 0 Å². The molecule has 1 heterocycles. The zero-order valence-corrected chi connectivity index (χ0v) is 14.0. The molecule has 0 saturated heterocycles. The Bertz CT molecular complexity index is 649. The Morgan fingerprint density at radius 2 is 2.04 bits per heavy atom. The molecule has 0 bridgehead atoms. The number of allylic oxidation sites excluding steroid dienone is 1.